The van der Waals surface area contributed by atoms with Gasteiger partial charge < -0.3 is 5.21 Å². The molecular weight excluding hydrogens is 330 g/mol. The van der Waals surface area contributed by atoms with Gasteiger partial charge in [-0.3, -0.25) is 0 Å². The lowest BCUT2D eigenvalue weighted by Gasteiger charge is -2.43. The molecule has 0 atom stereocenters. The molecule has 138 valence electrons. The van der Waals surface area contributed by atoms with Crippen molar-refractivity contribution in [3.8, 4) is 0 Å². The largest absolute Gasteiger partial charge is 0.410 e. The van der Waals surface area contributed by atoms with E-state index in [1.807, 2.05) is 12.1 Å². The Morgan fingerprint density at radius 2 is 1.52 bits per heavy atom. The summed E-state index contributed by atoms with van der Waals surface area (Å²) in [7, 11) is 0. The van der Waals surface area contributed by atoms with Crippen LogP contribution >= 0.6 is 0 Å². The van der Waals surface area contributed by atoms with Gasteiger partial charge in [0.15, 0.2) is 0 Å². The Hall–Kier alpha value is -2.61. The summed E-state index contributed by atoms with van der Waals surface area (Å²) in [5.74, 6) is 0. The monoisotopic (exact) mass is 357 g/mol. The molecule has 3 aromatic rings. The topological polar surface area (TPSA) is 32.6 Å². The van der Waals surface area contributed by atoms with Crippen molar-refractivity contribution in [3.63, 3.8) is 0 Å². The third-order valence-corrected chi connectivity index (χ3v) is 6.22. The van der Waals surface area contributed by atoms with Crippen LogP contribution < -0.4 is 0 Å². The quantitative estimate of drug-likeness (QED) is 0.320. The van der Waals surface area contributed by atoms with Crippen LogP contribution in [0.15, 0.2) is 65.8 Å². The molecule has 2 heteroatoms. The summed E-state index contributed by atoms with van der Waals surface area (Å²) in [5, 5.41) is 16.1. The second-order valence-electron chi connectivity index (χ2n) is 9.01. The summed E-state index contributed by atoms with van der Waals surface area (Å²) in [4.78, 5) is 0. The molecule has 1 aliphatic rings. The maximum absolute atomic E-state index is 9.99. The van der Waals surface area contributed by atoms with Crippen molar-refractivity contribution in [1.29, 1.82) is 0 Å². The van der Waals surface area contributed by atoms with E-state index in [0.29, 0.717) is 5.71 Å². The van der Waals surface area contributed by atoms with Gasteiger partial charge in [0.1, 0.15) is 5.71 Å². The Kier molecular flexibility index (Phi) is 4.10. The molecule has 1 N–H and O–H groups in total. The van der Waals surface area contributed by atoms with Gasteiger partial charge in [-0.1, -0.05) is 87.4 Å². The van der Waals surface area contributed by atoms with Crippen LogP contribution in [0.25, 0.3) is 10.8 Å². The molecule has 0 spiro atoms. The zero-order valence-corrected chi connectivity index (χ0v) is 16.6. The molecule has 2 nitrogen and oxygen atoms in total. The number of oxime groups is 1. The fourth-order valence-electron chi connectivity index (χ4n) is 4.53. The SMILES string of the molecule is CC1(C)CCC(C)(C)c2c(/C(=N/O)c3ccc4ccccc4c3)cccc21. The van der Waals surface area contributed by atoms with Crippen LogP contribution in [0.1, 0.15) is 62.8 Å². The lowest BCUT2D eigenvalue weighted by Crippen LogP contribution is -2.35. The minimum Gasteiger partial charge on any atom is -0.410 e. The van der Waals surface area contributed by atoms with E-state index in [-0.39, 0.29) is 10.8 Å². The smallest absolute Gasteiger partial charge is 0.117 e. The van der Waals surface area contributed by atoms with Crippen molar-refractivity contribution in [2.75, 3.05) is 0 Å². The molecule has 4 rings (SSSR count). The summed E-state index contributed by atoms with van der Waals surface area (Å²) in [5.41, 5.74) is 5.52. The summed E-state index contributed by atoms with van der Waals surface area (Å²) in [6.45, 7) is 9.24. The molecule has 0 unspecified atom stereocenters. The molecule has 0 saturated carbocycles. The first kappa shape index (κ1) is 17.8. The van der Waals surface area contributed by atoms with Crippen molar-refractivity contribution < 1.29 is 5.21 Å². The molecular formula is C25H27NO. The van der Waals surface area contributed by atoms with Crippen LogP contribution in [0.5, 0.6) is 0 Å². The number of hydrogen-bond acceptors (Lipinski definition) is 2. The van der Waals surface area contributed by atoms with Crippen LogP contribution in [0.3, 0.4) is 0 Å². The van der Waals surface area contributed by atoms with E-state index in [0.717, 1.165) is 29.4 Å². The second-order valence-corrected chi connectivity index (χ2v) is 9.01. The van der Waals surface area contributed by atoms with E-state index in [9.17, 15) is 5.21 Å². The molecule has 27 heavy (non-hydrogen) atoms. The summed E-state index contributed by atoms with van der Waals surface area (Å²) in [6, 6.07) is 21.0. The lowest BCUT2D eigenvalue weighted by atomic mass is 9.61. The first-order valence-corrected chi connectivity index (χ1v) is 9.69. The Morgan fingerprint density at radius 3 is 2.26 bits per heavy atom. The van der Waals surface area contributed by atoms with E-state index >= 15 is 0 Å². The molecule has 0 heterocycles. The Labute approximate surface area is 161 Å². The van der Waals surface area contributed by atoms with Gasteiger partial charge in [0.2, 0.25) is 0 Å². The number of hydrogen-bond donors (Lipinski definition) is 1. The van der Waals surface area contributed by atoms with Crippen LogP contribution in [0.4, 0.5) is 0 Å². The van der Waals surface area contributed by atoms with Crippen molar-refractivity contribution in [1.82, 2.24) is 0 Å². The Balaban J connectivity index is 1.94. The predicted molar refractivity (Wildman–Crippen MR) is 113 cm³/mol. The summed E-state index contributed by atoms with van der Waals surface area (Å²) < 4.78 is 0. The number of fused-ring (bicyclic) bond motifs is 2. The van der Waals surface area contributed by atoms with Gasteiger partial charge in [0, 0.05) is 11.1 Å². The zero-order chi connectivity index (χ0) is 19.2. The van der Waals surface area contributed by atoms with Crippen molar-refractivity contribution >= 4 is 16.5 Å². The van der Waals surface area contributed by atoms with Crippen LogP contribution in [-0.4, -0.2) is 10.9 Å². The molecule has 1 aliphatic carbocycles. The number of nitrogens with zero attached hydrogens (tertiary/aromatic N) is 1. The zero-order valence-electron chi connectivity index (χ0n) is 16.6. The molecule has 0 radical (unpaired) electrons. The molecule has 0 amide bonds. The van der Waals surface area contributed by atoms with E-state index < -0.39 is 0 Å². The summed E-state index contributed by atoms with van der Waals surface area (Å²) in [6.07, 6.45) is 2.29. The highest BCUT2D eigenvalue weighted by molar-refractivity contribution is 6.15. The van der Waals surface area contributed by atoms with Gasteiger partial charge in [-0.05, 0) is 51.6 Å². The van der Waals surface area contributed by atoms with Gasteiger partial charge in [0.25, 0.3) is 0 Å². The average molecular weight is 357 g/mol. The maximum atomic E-state index is 9.99. The number of benzene rings is 3. The fraction of sp³-hybridized carbons (Fsp3) is 0.320. The highest BCUT2D eigenvalue weighted by atomic mass is 16.4. The van der Waals surface area contributed by atoms with Gasteiger partial charge in [-0.15, -0.1) is 0 Å². The van der Waals surface area contributed by atoms with Crippen molar-refractivity contribution in [2.24, 2.45) is 5.16 Å². The highest BCUT2D eigenvalue weighted by Gasteiger charge is 2.39. The van der Waals surface area contributed by atoms with Crippen molar-refractivity contribution in [2.45, 2.75) is 51.4 Å². The van der Waals surface area contributed by atoms with Crippen molar-refractivity contribution in [3.05, 3.63) is 82.9 Å². The fourth-order valence-corrected chi connectivity index (χ4v) is 4.53. The number of rotatable bonds is 2. The van der Waals surface area contributed by atoms with Gasteiger partial charge in [-0.25, -0.2) is 0 Å². The standard InChI is InChI=1S/C25H27NO/c1-24(2)14-15-25(3,4)22-20(10-7-11-21(22)24)23(26-27)19-13-12-17-8-5-6-9-18(17)16-19/h5-13,16,27H,14-15H2,1-4H3/b26-23+. The second kappa shape index (κ2) is 6.23. The van der Waals surface area contributed by atoms with E-state index in [1.165, 1.54) is 16.5 Å². The third-order valence-electron chi connectivity index (χ3n) is 6.22. The third kappa shape index (κ3) is 2.93. The van der Waals surface area contributed by atoms with E-state index in [4.69, 9.17) is 0 Å². The average Bonchev–Trinajstić information content (AvgIpc) is 2.66. The Bertz CT molecular complexity index is 1040. The van der Waals surface area contributed by atoms with E-state index in [2.05, 4.69) is 81.4 Å². The minimum absolute atomic E-state index is 0.0498. The summed E-state index contributed by atoms with van der Waals surface area (Å²) >= 11 is 0. The first-order chi connectivity index (χ1) is 12.8. The molecule has 3 aromatic carbocycles. The van der Waals surface area contributed by atoms with Crippen LogP contribution in [-0.2, 0) is 10.8 Å². The normalized spacial score (nSPS) is 18.3. The first-order valence-electron chi connectivity index (χ1n) is 9.69. The minimum atomic E-state index is 0.0498. The Morgan fingerprint density at radius 1 is 0.815 bits per heavy atom. The lowest BCUT2D eigenvalue weighted by molar-refractivity contribution is 0.318. The highest BCUT2D eigenvalue weighted by Crippen LogP contribution is 2.47. The molecule has 0 aromatic heterocycles. The molecule has 0 saturated heterocycles. The molecule has 0 bridgehead atoms. The molecule has 0 fully saturated rings. The van der Waals surface area contributed by atoms with E-state index in [1.54, 1.807) is 0 Å². The van der Waals surface area contributed by atoms with Gasteiger partial charge >= 0.3 is 0 Å². The predicted octanol–water partition coefficient (Wildman–Crippen LogP) is 6.42. The van der Waals surface area contributed by atoms with Crippen LogP contribution in [0, 0.1) is 0 Å². The van der Waals surface area contributed by atoms with Gasteiger partial charge in [0.05, 0.1) is 0 Å². The maximum Gasteiger partial charge on any atom is 0.117 e. The molecule has 0 aliphatic heterocycles. The van der Waals surface area contributed by atoms with Crippen LogP contribution in [0.2, 0.25) is 0 Å². The van der Waals surface area contributed by atoms with Gasteiger partial charge in [-0.2, -0.15) is 0 Å².